The van der Waals surface area contributed by atoms with Gasteiger partial charge in [-0.3, -0.25) is 4.79 Å². The fraction of sp³-hybridized carbons (Fsp3) is 0.188. The topological polar surface area (TPSA) is 55.1 Å². The molecule has 2 aromatic rings. The Morgan fingerprint density at radius 2 is 1.95 bits per heavy atom. The zero-order chi connectivity index (χ0) is 15.1. The molecular formula is C16H17ClN2OS. The molecule has 0 unspecified atom stereocenters. The van der Waals surface area contributed by atoms with Gasteiger partial charge in [0.25, 0.3) is 0 Å². The van der Waals surface area contributed by atoms with Gasteiger partial charge in [0.15, 0.2) is 0 Å². The van der Waals surface area contributed by atoms with Gasteiger partial charge >= 0.3 is 0 Å². The number of hydrogen-bond acceptors (Lipinski definition) is 3. The van der Waals surface area contributed by atoms with Gasteiger partial charge in [0, 0.05) is 17.0 Å². The summed E-state index contributed by atoms with van der Waals surface area (Å²) in [5, 5.41) is 3.31. The van der Waals surface area contributed by atoms with Gasteiger partial charge in [-0.2, -0.15) is 0 Å². The second-order valence-corrected chi connectivity index (χ2v) is 6.13. The van der Waals surface area contributed by atoms with E-state index in [0.717, 1.165) is 12.2 Å². The van der Waals surface area contributed by atoms with Crippen molar-refractivity contribution in [3.05, 3.63) is 53.6 Å². The van der Waals surface area contributed by atoms with Crippen molar-refractivity contribution in [1.29, 1.82) is 0 Å². The van der Waals surface area contributed by atoms with E-state index >= 15 is 0 Å². The lowest BCUT2D eigenvalue weighted by Crippen LogP contribution is -2.11. The minimum atomic E-state index is -0.00890. The number of nitrogen functional groups attached to an aromatic ring is 1. The van der Waals surface area contributed by atoms with Crippen LogP contribution in [0.4, 0.5) is 11.4 Å². The number of nitrogens with one attached hydrogen (secondary N) is 1. The number of carbonyl (C=O) groups excluding carboxylic acids is 1. The minimum Gasteiger partial charge on any atom is -0.397 e. The van der Waals surface area contributed by atoms with Crippen molar-refractivity contribution < 1.29 is 4.79 Å². The Morgan fingerprint density at radius 3 is 2.67 bits per heavy atom. The van der Waals surface area contributed by atoms with E-state index in [1.165, 1.54) is 4.90 Å². The molecule has 0 aliphatic heterocycles. The molecule has 0 bridgehead atoms. The van der Waals surface area contributed by atoms with Gasteiger partial charge in [-0.1, -0.05) is 29.8 Å². The van der Waals surface area contributed by atoms with E-state index in [1.54, 1.807) is 30.0 Å². The first-order chi connectivity index (χ1) is 10.1. The molecule has 3 N–H and O–H groups in total. The summed E-state index contributed by atoms with van der Waals surface area (Å²) in [4.78, 5) is 13.1. The molecule has 2 aromatic carbocycles. The highest BCUT2D eigenvalue weighted by atomic mass is 35.5. The fourth-order valence-electron chi connectivity index (χ4n) is 1.78. The van der Waals surface area contributed by atoms with E-state index in [1.807, 2.05) is 18.2 Å². The highest BCUT2D eigenvalue weighted by Crippen LogP contribution is 2.23. The number of thioether (sulfide) groups is 1. The van der Waals surface area contributed by atoms with E-state index in [0.29, 0.717) is 22.8 Å². The van der Waals surface area contributed by atoms with Crippen LogP contribution in [-0.2, 0) is 4.79 Å². The Bertz CT molecular complexity index is 604. The van der Waals surface area contributed by atoms with Gasteiger partial charge in [0.2, 0.25) is 5.91 Å². The van der Waals surface area contributed by atoms with Crippen LogP contribution in [-0.4, -0.2) is 11.7 Å². The van der Waals surface area contributed by atoms with Crippen molar-refractivity contribution in [2.45, 2.75) is 17.7 Å². The molecule has 2 rings (SSSR count). The van der Waals surface area contributed by atoms with E-state index in [2.05, 4.69) is 17.4 Å². The summed E-state index contributed by atoms with van der Waals surface area (Å²) >= 11 is 7.59. The molecule has 0 atom stereocenters. The molecule has 0 saturated heterocycles. The van der Waals surface area contributed by atoms with Gasteiger partial charge < -0.3 is 11.1 Å². The standard InChI is InChI=1S/C16H17ClN2OS/c17-14-9-8-12(11-15(14)18)19-16(20)7-4-10-21-13-5-2-1-3-6-13/h1-3,5-6,8-9,11H,4,7,10,18H2,(H,19,20). The number of nitrogens with two attached hydrogens (primary N) is 1. The van der Waals surface area contributed by atoms with Crippen LogP contribution in [0.3, 0.4) is 0 Å². The molecule has 5 heteroatoms. The monoisotopic (exact) mass is 320 g/mol. The van der Waals surface area contributed by atoms with Gasteiger partial charge in [-0.25, -0.2) is 0 Å². The van der Waals surface area contributed by atoms with Crippen LogP contribution >= 0.6 is 23.4 Å². The van der Waals surface area contributed by atoms with Crippen molar-refractivity contribution in [1.82, 2.24) is 0 Å². The van der Waals surface area contributed by atoms with Crippen molar-refractivity contribution in [3.8, 4) is 0 Å². The lowest BCUT2D eigenvalue weighted by atomic mass is 10.2. The zero-order valence-corrected chi connectivity index (χ0v) is 13.1. The smallest absolute Gasteiger partial charge is 0.224 e. The highest BCUT2D eigenvalue weighted by Gasteiger charge is 2.04. The molecule has 0 spiro atoms. The lowest BCUT2D eigenvalue weighted by molar-refractivity contribution is -0.116. The number of anilines is 2. The summed E-state index contributed by atoms with van der Waals surface area (Å²) < 4.78 is 0. The van der Waals surface area contributed by atoms with Gasteiger partial charge in [0.05, 0.1) is 10.7 Å². The predicted octanol–water partition coefficient (Wildman–Crippen LogP) is 4.43. The Labute approximate surface area is 133 Å². The molecular weight excluding hydrogens is 304 g/mol. The Kier molecular flexibility index (Phi) is 5.96. The molecule has 0 aliphatic rings. The summed E-state index contributed by atoms with van der Waals surface area (Å²) in [7, 11) is 0. The van der Waals surface area contributed by atoms with Crippen LogP contribution in [0, 0.1) is 0 Å². The van der Waals surface area contributed by atoms with Crippen LogP contribution in [0.2, 0.25) is 5.02 Å². The Balaban J connectivity index is 1.71. The fourth-order valence-corrected chi connectivity index (χ4v) is 2.78. The molecule has 0 saturated carbocycles. The van der Waals surface area contributed by atoms with Crippen LogP contribution in [0.15, 0.2) is 53.4 Å². The first kappa shape index (κ1) is 15.7. The van der Waals surface area contributed by atoms with Crippen molar-refractivity contribution >= 4 is 40.6 Å². The minimum absolute atomic E-state index is 0.00890. The molecule has 0 fully saturated rings. The lowest BCUT2D eigenvalue weighted by Gasteiger charge is -2.07. The molecule has 3 nitrogen and oxygen atoms in total. The Hall–Kier alpha value is -1.65. The first-order valence-electron chi connectivity index (χ1n) is 6.68. The van der Waals surface area contributed by atoms with E-state index in [4.69, 9.17) is 17.3 Å². The number of hydrogen-bond donors (Lipinski definition) is 2. The predicted molar refractivity (Wildman–Crippen MR) is 90.9 cm³/mol. The average molecular weight is 321 g/mol. The van der Waals surface area contributed by atoms with Gasteiger partial charge in [-0.05, 0) is 42.5 Å². The molecule has 0 heterocycles. The van der Waals surface area contributed by atoms with E-state index < -0.39 is 0 Å². The summed E-state index contributed by atoms with van der Waals surface area (Å²) in [5.41, 5.74) is 6.84. The van der Waals surface area contributed by atoms with Crippen molar-refractivity contribution in [2.75, 3.05) is 16.8 Å². The maximum atomic E-state index is 11.8. The normalized spacial score (nSPS) is 10.3. The largest absolute Gasteiger partial charge is 0.397 e. The average Bonchev–Trinajstić information content (AvgIpc) is 2.49. The number of rotatable bonds is 6. The van der Waals surface area contributed by atoms with Crippen molar-refractivity contribution in [2.24, 2.45) is 0 Å². The van der Waals surface area contributed by atoms with Gasteiger partial charge in [-0.15, -0.1) is 11.8 Å². The Morgan fingerprint density at radius 1 is 1.19 bits per heavy atom. The summed E-state index contributed by atoms with van der Waals surface area (Å²) in [5.74, 6) is 0.908. The van der Waals surface area contributed by atoms with Crippen LogP contribution in [0.1, 0.15) is 12.8 Å². The van der Waals surface area contributed by atoms with Crippen LogP contribution in [0.25, 0.3) is 0 Å². The molecule has 0 aliphatic carbocycles. The quantitative estimate of drug-likeness (QED) is 0.470. The molecule has 0 aromatic heterocycles. The summed E-state index contributed by atoms with van der Waals surface area (Å²) in [6, 6.07) is 15.3. The number of halogens is 1. The third kappa shape index (κ3) is 5.33. The van der Waals surface area contributed by atoms with Crippen LogP contribution in [0.5, 0.6) is 0 Å². The maximum Gasteiger partial charge on any atom is 0.224 e. The molecule has 0 radical (unpaired) electrons. The number of carbonyl (C=O) groups is 1. The molecule has 1 amide bonds. The SMILES string of the molecule is Nc1cc(NC(=O)CCCSc2ccccc2)ccc1Cl. The second kappa shape index (κ2) is 7.96. The number of benzene rings is 2. The number of amides is 1. The zero-order valence-electron chi connectivity index (χ0n) is 11.5. The van der Waals surface area contributed by atoms with E-state index in [9.17, 15) is 4.79 Å². The summed E-state index contributed by atoms with van der Waals surface area (Å²) in [6.45, 7) is 0. The maximum absolute atomic E-state index is 11.8. The first-order valence-corrected chi connectivity index (χ1v) is 8.04. The third-order valence-corrected chi connectivity index (χ3v) is 4.28. The van der Waals surface area contributed by atoms with E-state index in [-0.39, 0.29) is 5.91 Å². The van der Waals surface area contributed by atoms with Crippen molar-refractivity contribution in [3.63, 3.8) is 0 Å². The molecule has 21 heavy (non-hydrogen) atoms. The summed E-state index contributed by atoms with van der Waals surface area (Å²) in [6.07, 6.45) is 1.32. The van der Waals surface area contributed by atoms with Gasteiger partial charge in [0.1, 0.15) is 0 Å². The second-order valence-electron chi connectivity index (χ2n) is 4.55. The third-order valence-electron chi connectivity index (χ3n) is 2.84. The van der Waals surface area contributed by atoms with Crippen LogP contribution < -0.4 is 11.1 Å². The highest BCUT2D eigenvalue weighted by molar-refractivity contribution is 7.99. The molecule has 110 valence electrons.